The maximum Gasteiger partial charge on any atom is 0.416 e. The van der Waals surface area contributed by atoms with Crippen molar-refractivity contribution in [2.75, 3.05) is 11.9 Å². The van der Waals surface area contributed by atoms with Crippen LogP contribution in [0.2, 0.25) is 4.34 Å². The highest BCUT2D eigenvalue weighted by atomic mass is 35.5. The van der Waals surface area contributed by atoms with E-state index in [1.807, 2.05) is 0 Å². The predicted octanol–water partition coefficient (Wildman–Crippen LogP) is 4.22. The molecule has 1 aromatic carbocycles. The van der Waals surface area contributed by atoms with Crippen molar-refractivity contribution in [1.29, 1.82) is 0 Å². The molecule has 0 aliphatic carbocycles. The highest BCUT2D eigenvalue weighted by Gasteiger charge is 2.30. The van der Waals surface area contributed by atoms with Crippen LogP contribution in [0.4, 0.5) is 18.9 Å². The maximum atomic E-state index is 12.4. The van der Waals surface area contributed by atoms with Crippen LogP contribution in [0.3, 0.4) is 0 Å². The number of hydrogen-bond acceptors (Lipinski definition) is 4. The zero-order valence-corrected chi connectivity index (χ0v) is 12.9. The normalized spacial score (nSPS) is 11.1. The van der Waals surface area contributed by atoms with Crippen molar-refractivity contribution in [3.8, 4) is 0 Å². The Labute approximate surface area is 137 Å². The Balaban J connectivity index is 1.86. The molecule has 2 rings (SSSR count). The fourth-order valence-electron chi connectivity index (χ4n) is 1.57. The lowest BCUT2D eigenvalue weighted by Gasteiger charge is -2.09. The van der Waals surface area contributed by atoms with E-state index in [1.54, 1.807) is 0 Å². The molecule has 1 N–H and O–H groups in total. The Bertz CT molecular complexity index is 713. The molecule has 0 atom stereocenters. The Morgan fingerprint density at radius 2 is 1.78 bits per heavy atom. The van der Waals surface area contributed by atoms with Gasteiger partial charge in [-0.2, -0.15) is 13.2 Å². The number of alkyl halides is 3. The summed E-state index contributed by atoms with van der Waals surface area (Å²) in [5.74, 6) is -1.37. The quantitative estimate of drug-likeness (QED) is 0.828. The van der Waals surface area contributed by atoms with E-state index in [1.165, 1.54) is 12.1 Å². The molecule has 1 heterocycles. The average molecular weight is 364 g/mol. The van der Waals surface area contributed by atoms with Gasteiger partial charge in [-0.3, -0.25) is 4.79 Å². The van der Waals surface area contributed by atoms with Gasteiger partial charge < -0.3 is 10.1 Å². The van der Waals surface area contributed by atoms with E-state index in [0.717, 1.165) is 35.6 Å². The SMILES string of the molecule is O=C(COC(=O)c1ccc(Cl)s1)Nc1ccc(C(F)(F)F)cc1. The van der Waals surface area contributed by atoms with E-state index in [9.17, 15) is 22.8 Å². The molecule has 0 saturated carbocycles. The average Bonchev–Trinajstić information content (AvgIpc) is 2.91. The third kappa shape index (κ3) is 4.97. The molecule has 23 heavy (non-hydrogen) atoms. The second-order valence-electron chi connectivity index (χ2n) is 4.30. The predicted molar refractivity (Wildman–Crippen MR) is 79.7 cm³/mol. The molecule has 0 fully saturated rings. The number of benzene rings is 1. The molecule has 1 amide bonds. The van der Waals surface area contributed by atoms with Gasteiger partial charge in [0.25, 0.3) is 5.91 Å². The highest BCUT2D eigenvalue weighted by molar-refractivity contribution is 7.17. The first-order valence-electron chi connectivity index (χ1n) is 6.15. The van der Waals surface area contributed by atoms with Gasteiger partial charge in [0.1, 0.15) is 4.88 Å². The van der Waals surface area contributed by atoms with Crippen molar-refractivity contribution in [3.63, 3.8) is 0 Å². The highest BCUT2D eigenvalue weighted by Crippen LogP contribution is 2.29. The Morgan fingerprint density at radius 1 is 1.13 bits per heavy atom. The number of thiophene rings is 1. The van der Waals surface area contributed by atoms with Gasteiger partial charge >= 0.3 is 12.1 Å². The minimum atomic E-state index is -4.44. The van der Waals surface area contributed by atoms with E-state index in [2.05, 4.69) is 5.32 Å². The molecule has 0 spiro atoms. The van der Waals surface area contributed by atoms with Gasteiger partial charge in [0.05, 0.1) is 9.90 Å². The molecular weight excluding hydrogens is 355 g/mol. The smallest absolute Gasteiger partial charge is 0.416 e. The number of carbonyl (C=O) groups is 2. The Hall–Kier alpha value is -2.06. The van der Waals surface area contributed by atoms with Gasteiger partial charge in [-0.15, -0.1) is 11.3 Å². The molecule has 2 aromatic rings. The van der Waals surface area contributed by atoms with Crippen molar-refractivity contribution in [3.05, 3.63) is 51.2 Å². The third-order valence-electron chi connectivity index (χ3n) is 2.60. The van der Waals surface area contributed by atoms with Crippen molar-refractivity contribution in [2.45, 2.75) is 6.18 Å². The van der Waals surface area contributed by atoms with Gasteiger partial charge in [-0.05, 0) is 36.4 Å². The van der Waals surface area contributed by atoms with Crippen molar-refractivity contribution in [1.82, 2.24) is 0 Å². The lowest BCUT2D eigenvalue weighted by Crippen LogP contribution is -2.20. The molecule has 0 unspecified atom stereocenters. The number of anilines is 1. The number of amides is 1. The lowest BCUT2D eigenvalue weighted by atomic mass is 10.2. The fourth-order valence-corrected chi connectivity index (χ4v) is 2.50. The topological polar surface area (TPSA) is 55.4 Å². The van der Waals surface area contributed by atoms with E-state index in [4.69, 9.17) is 16.3 Å². The van der Waals surface area contributed by atoms with Crippen LogP contribution in [0.25, 0.3) is 0 Å². The van der Waals surface area contributed by atoms with Crippen LogP contribution in [-0.2, 0) is 15.7 Å². The maximum absolute atomic E-state index is 12.4. The number of nitrogens with one attached hydrogen (secondary N) is 1. The summed E-state index contributed by atoms with van der Waals surface area (Å²) >= 11 is 6.68. The number of hydrogen-bond donors (Lipinski definition) is 1. The van der Waals surface area contributed by atoms with Crippen molar-refractivity contribution >= 4 is 40.5 Å². The summed E-state index contributed by atoms with van der Waals surface area (Å²) < 4.78 is 42.4. The summed E-state index contributed by atoms with van der Waals surface area (Å²) in [7, 11) is 0. The van der Waals surface area contributed by atoms with E-state index in [0.29, 0.717) is 4.34 Å². The molecule has 0 aliphatic rings. The van der Waals surface area contributed by atoms with Crippen LogP contribution in [0.5, 0.6) is 0 Å². The van der Waals surface area contributed by atoms with E-state index < -0.39 is 30.2 Å². The van der Waals surface area contributed by atoms with Crippen LogP contribution in [0.1, 0.15) is 15.2 Å². The second kappa shape index (κ2) is 7.01. The molecule has 0 aliphatic heterocycles. The summed E-state index contributed by atoms with van der Waals surface area (Å²) in [5.41, 5.74) is -0.658. The number of ether oxygens (including phenoxy) is 1. The van der Waals surface area contributed by atoms with Crippen LogP contribution in [0.15, 0.2) is 36.4 Å². The van der Waals surface area contributed by atoms with Crippen LogP contribution in [-0.4, -0.2) is 18.5 Å². The first-order chi connectivity index (χ1) is 10.8. The number of halogens is 4. The standard InChI is InChI=1S/C14H9ClF3NO3S/c15-11-6-5-10(23-11)13(21)22-7-12(20)19-9-3-1-8(2-4-9)14(16,17)18/h1-6H,7H2,(H,19,20). The van der Waals surface area contributed by atoms with Gasteiger partial charge in [0.15, 0.2) is 6.61 Å². The number of esters is 1. The van der Waals surface area contributed by atoms with Gasteiger partial charge in [0.2, 0.25) is 0 Å². The van der Waals surface area contributed by atoms with Crippen molar-refractivity contribution < 1.29 is 27.5 Å². The summed E-state index contributed by atoms with van der Waals surface area (Å²) in [6.45, 7) is -0.560. The summed E-state index contributed by atoms with van der Waals surface area (Å²) in [4.78, 5) is 23.4. The second-order valence-corrected chi connectivity index (χ2v) is 6.02. The number of carbonyl (C=O) groups excluding carboxylic acids is 2. The fraction of sp³-hybridized carbons (Fsp3) is 0.143. The minimum absolute atomic E-state index is 0.165. The minimum Gasteiger partial charge on any atom is -0.451 e. The van der Waals surface area contributed by atoms with Gasteiger partial charge in [-0.1, -0.05) is 11.6 Å². The Kier molecular flexibility index (Phi) is 5.27. The molecule has 1 aromatic heterocycles. The molecule has 122 valence electrons. The van der Waals surface area contributed by atoms with Crippen LogP contribution >= 0.6 is 22.9 Å². The molecule has 4 nitrogen and oxygen atoms in total. The van der Waals surface area contributed by atoms with Gasteiger partial charge in [0, 0.05) is 5.69 Å². The van der Waals surface area contributed by atoms with E-state index >= 15 is 0 Å². The molecule has 0 bridgehead atoms. The third-order valence-corrected chi connectivity index (χ3v) is 3.82. The zero-order valence-electron chi connectivity index (χ0n) is 11.3. The summed E-state index contributed by atoms with van der Waals surface area (Å²) in [6, 6.07) is 6.89. The largest absolute Gasteiger partial charge is 0.451 e. The van der Waals surface area contributed by atoms with Crippen LogP contribution < -0.4 is 5.32 Å². The first kappa shape index (κ1) is 17.3. The van der Waals surface area contributed by atoms with Crippen molar-refractivity contribution in [2.24, 2.45) is 0 Å². The van der Waals surface area contributed by atoms with Gasteiger partial charge in [-0.25, -0.2) is 4.79 Å². The monoisotopic (exact) mass is 363 g/mol. The summed E-state index contributed by atoms with van der Waals surface area (Å²) in [6.07, 6.45) is -4.44. The molecular formula is C14H9ClF3NO3S. The molecule has 0 saturated heterocycles. The zero-order chi connectivity index (χ0) is 17.0. The molecule has 9 heteroatoms. The molecule has 0 radical (unpaired) electrons. The van der Waals surface area contributed by atoms with E-state index in [-0.39, 0.29) is 10.6 Å². The summed E-state index contributed by atoms with van der Waals surface area (Å²) in [5, 5.41) is 2.33. The first-order valence-corrected chi connectivity index (χ1v) is 7.35. The Morgan fingerprint density at radius 3 is 2.30 bits per heavy atom. The number of rotatable bonds is 4. The lowest BCUT2D eigenvalue weighted by molar-refractivity contribution is -0.137. The van der Waals surface area contributed by atoms with Crippen LogP contribution in [0, 0.1) is 0 Å².